The molecule has 0 heterocycles. The van der Waals surface area contributed by atoms with Crippen molar-refractivity contribution in [3.63, 3.8) is 0 Å². The Balaban J connectivity index is 3.46. The van der Waals surface area contributed by atoms with E-state index >= 15 is 0 Å². The third-order valence-electron chi connectivity index (χ3n) is 12.8. The van der Waals surface area contributed by atoms with Crippen molar-refractivity contribution in [2.45, 2.75) is 309 Å². The molecule has 0 saturated carbocycles. The zero-order chi connectivity index (χ0) is 45.1. The topological polar surface area (TPSA) is 95.9 Å². The minimum Gasteiger partial charge on any atom is -0.466 e. The molecule has 62 heavy (non-hydrogen) atoms. The Morgan fingerprint density at radius 3 is 1.19 bits per heavy atom. The van der Waals surface area contributed by atoms with Crippen LogP contribution in [0.1, 0.15) is 296 Å². The highest BCUT2D eigenvalue weighted by atomic mass is 16.5. The molecule has 6 heteroatoms. The Morgan fingerprint density at radius 1 is 0.452 bits per heavy atom. The standard InChI is InChI=1S/C56H107NO5/c1-3-5-7-9-11-13-15-17-26-30-34-38-42-46-50-56(61)62-51-47-43-39-35-31-27-24-22-20-18-19-21-23-25-29-33-37-41-45-49-55(60)57-53(52-58)54(59)48-44-40-36-32-28-16-14-12-10-8-6-4-2/h22,24,27,31,53-54,58-59H,3-21,23,25-26,28-30,32-52H2,1-2H3,(H,57,60)/b24-22-,31-27-. The summed E-state index contributed by atoms with van der Waals surface area (Å²) in [6.07, 6.45) is 61.6. The molecule has 1 amide bonds. The number of esters is 1. The van der Waals surface area contributed by atoms with Crippen LogP contribution in [0.5, 0.6) is 0 Å². The van der Waals surface area contributed by atoms with Crippen molar-refractivity contribution in [2.24, 2.45) is 0 Å². The molecule has 0 aliphatic carbocycles. The normalized spacial score (nSPS) is 12.8. The lowest BCUT2D eigenvalue weighted by molar-refractivity contribution is -0.143. The Hall–Kier alpha value is -1.66. The van der Waals surface area contributed by atoms with Crippen molar-refractivity contribution in [3.8, 4) is 0 Å². The minimum atomic E-state index is -0.669. The molecular formula is C56H107NO5. The fourth-order valence-electron chi connectivity index (χ4n) is 8.51. The van der Waals surface area contributed by atoms with E-state index in [4.69, 9.17) is 4.74 Å². The average Bonchev–Trinajstić information content (AvgIpc) is 3.27. The number of hydrogen-bond acceptors (Lipinski definition) is 5. The van der Waals surface area contributed by atoms with Crippen molar-refractivity contribution in [1.82, 2.24) is 5.32 Å². The van der Waals surface area contributed by atoms with Crippen molar-refractivity contribution < 1.29 is 24.5 Å². The van der Waals surface area contributed by atoms with Crippen LogP contribution < -0.4 is 5.32 Å². The van der Waals surface area contributed by atoms with Crippen LogP contribution in [0.3, 0.4) is 0 Å². The van der Waals surface area contributed by atoms with Gasteiger partial charge < -0.3 is 20.3 Å². The summed E-state index contributed by atoms with van der Waals surface area (Å²) in [6.45, 7) is 4.91. The van der Waals surface area contributed by atoms with Crippen LogP contribution in [0.15, 0.2) is 24.3 Å². The molecule has 0 rings (SSSR count). The Labute approximate surface area is 386 Å². The lowest BCUT2D eigenvalue weighted by Gasteiger charge is -2.22. The fraction of sp³-hybridized carbons (Fsp3) is 0.893. The molecule has 0 fully saturated rings. The van der Waals surface area contributed by atoms with E-state index in [0.29, 0.717) is 25.9 Å². The molecule has 0 spiro atoms. The summed E-state index contributed by atoms with van der Waals surface area (Å²) < 4.78 is 5.45. The Morgan fingerprint density at radius 2 is 0.790 bits per heavy atom. The van der Waals surface area contributed by atoms with Gasteiger partial charge in [-0.15, -0.1) is 0 Å². The number of unbranched alkanes of at least 4 members (excludes halogenated alkanes) is 37. The van der Waals surface area contributed by atoms with Crippen LogP contribution in [0.4, 0.5) is 0 Å². The zero-order valence-electron chi connectivity index (χ0n) is 41.6. The molecular weight excluding hydrogens is 767 g/mol. The van der Waals surface area contributed by atoms with E-state index in [9.17, 15) is 19.8 Å². The van der Waals surface area contributed by atoms with E-state index in [0.717, 1.165) is 70.6 Å². The Bertz CT molecular complexity index is 966. The summed E-state index contributed by atoms with van der Waals surface area (Å²) in [4.78, 5) is 24.4. The van der Waals surface area contributed by atoms with Gasteiger partial charge >= 0.3 is 5.97 Å². The van der Waals surface area contributed by atoms with E-state index in [1.807, 2.05) is 0 Å². The summed E-state index contributed by atoms with van der Waals surface area (Å²) in [5, 5.41) is 23.2. The molecule has 0 aromatic rings. The maximum Gasteiger partial charge on any atom is 0.305 e. The smallest absolute Gasteiger partial charge is 0.305 e. The lowest BCUT2D eigenvalue weighted by Crippen LogP contribution is -2.45. The van der Waals surface area contributed by atoms with E-state index < -0.39 is 12.1 Å². The van der Waals surface area contributed by atoms with Gasteiger partial charge in [-0.25, -0.2) is 0 Å². The first-order chi connectivity index (χ1) is 30.5. The second-order valence-corrected chi connectivity index (χ2v) is 18.9. The molecule has 0 radical (unpaired) electrons. The molecule has 0 aliphatic heterocycles. The number of hydrogen-bond donors (Lipinski definition) is 3. The molecule has 3 N–H and O–H groups in total. The largest absolute Gasteiger partial charge is 0.466 e. The maximum atomic E-state index is 12.4. The second-order valence-electron chi connectivity index (χ2n) is 18.9. The fourth-order valence-corrected chi connectivity index (χ4v) is 8.51. The quantitative estimate of drug-likeness (QED) is 0.0321. The van der Waals surface area contributed by atoms with E-state index in [1.165, 1.54) is 193 Å². The molecule has 366 valence electrons. The van der Waals surface area contributed by atoms with E-state index in [1.54, 1.807) is 0 Å². The van der Waals surface area contributed by atoms with Crippen LogP contribution in [0.2, 0.25) is 0 Å². The molecule has 2 unspecified atom stereocenters. The number of nitrogens with one attached hydrogen (secondary N) is 1. The third-order valence-corrected chi connectivity index (χ3v) is 12.8. The number of rotatable bonds is 51. The highest BCUT2D eigenvalue weighted by Crippen LogP contribution is 2.17. The number of carbonyl (C=O) groups is 2. The number of allylic oxidation sites excluding steroid dienone is 4. The van der Waals surface area contributed by atoms with Crippen molar-refractivity contribution in [3.05, 3.63) is 24.3 Å². The van der Waals surface area contributed by atoms with Crippen molar-refractivity contribution >= 4 is 11.9 Å². The average molecular weight is 874 g/mol. The van der Waals surface area contributed by atoms with Gasteiger partial charge in [-0.1, -0.05) is 250 Å². The van der Waals surface area contributed by atoms with Gasteiger partial charge in [-0.3, -0.25) is 9.59 Å². The monoisotopic (exact) mass is 874 g/mol. The highest BCUT2D eigenvalue weighted by molar-refractivity contribution is 5.76. The van der Waals surface area contributed by atoms with Gasteiger partial charge in [-0.2, -0.15) is 0 Å². The first kappa shape index (κ1) is 60.3. The van der Waals surface area contributed by atoms with Gasteiger partial charge in [0.2, 0.25) is 5.91 Å². The summed E-state index contributed by atoms with van der Waals surface area (Å²) in [5.74, 6) is -0.0562. The molecule has 0 aromatic carbocycles. The number of amides is 1. The summed E-state index contributed by atoms with van der Waals surface area (Å²) >= 11 is 0. The molecule has 0 aromatic heterocycles. The molecule has 0 aliphatic rings. The van der Waals surface area contributed by atoms with Gasteiger partial charge in [0.25, 0.3) is 0 Å². The molecule has 0 bridgehead atoms. The van der Waals surface area contributed by atoms with Gasteiger partial charge in [0.05, 0.1) is 25.4 Å². The second kappa shape index (κ2) is 52.0. The first-order valence-corrected chi connectivity index (χ1v) is 27.6. The number of ether oxygens (including phenoxy) is 1. The van der Waals surface area contributed by atoms with E-state index in [2.05, 4.69) is 43.5 Å². The first-order valence-electron chi connectivity index (χ1n) is 27.6. The molecule has 6 nitrogen and oxygen atoms in total. The van der Waals surface area contributed by atoms with Crippen LogP contribution >= 0.6 is 0 Å². The summed E-state index contributed by atoms with van der Waals surface area (Å²) in [5.41, 5.74) is 0. The zero-order valence-corrected chi connectivity index (χ0v) is 41.6. The maximum absolute atomic E-state index is 12.4. The summed E-state index contributed by atoms with van der Waals surface area (Å²) in [6, 6.07) is -0.547. The van der Waals surface area contributed by atoms with Crippen LogP contribution in [-0.2, 0) is 14.3 Å². The van der Waals surface area contributed by atoms with E-state index in [-0.39, 0.29) is 18.5 Å². The van der Waals surface area contributed by atoms with Gasteiger partial charge in [0.15, 0.2) is 0 Å². The minimum absolute atomic E-state index is 0.0111. The highest BCUT2D eigenvalue weighted by Gasteiger charge is 2.20. The van der Waals surface area contributed by atoms with Crippen LogP contribution in [0.25, 0.3) is 0 Å². The molecule has 0 saturated heterocycles. The van der Waals surface area contributed by atoms with Crippen molar-refractivity contribution in [2.75, 3.05) is 13.2 Å². The van der Waals surface area contributed by atoms with Gasteiger partial charge in [-0.05, 0) is 57.8 Å². The summed E-state index contributed by atoms with van der Waals surface area (Å²) in [7, 11) is 0. The molecule has 2 atom stereocenters. The SMILES string of the molecule is CCCCCCCCCCCCCCCCC(=O)OCCCCC/C=C\C=C/CCCCCCCCCCCCC(=O)NC(CO)C(O)CCCCCCCCCCCCCC. The third kappa shape index (κ3) is 47.8. The van der Waals surface area contributed by atoms with Gasteiger partial charge in [0, 0.05) is 12.8 Å². The number of carbonyl (C=O) groups excluding carboxylic acids is 2. The Kier molecular flexibility index (Phi) is 50.6. The predicted molar refractivity (Wildman–Crippen MR) is 269 cm³/mol. The lowest BCUT2D eigenvalue weighted by atomic mass is 10.0. The van der Waals surface area contributed by atoms with Gasteiger partial charge in [0.1, 0.15) is 0 Å². The van der Waals surface area contributed by atoms with Crippen molar-refractivity contribution in [1.29, 1.82) is 0 Å². The van der Waals surface area contributed by atoms with Crippen LogP contribution in [0, 0.1) is 0 Å². The number of aliphatic hydroxyl groups is 2. The number of aliphatic hydroxyl groups excluding tert-OH is 2. The van der Waals surface area contributed by atoms with Crippen LogP contribution in [-0.4, -0.2) is 47.4 Å². The predicted octanol–water partition coefficient (Wildman–Crippen LogP) is 16.7.